The van der Waals surface area contributed by atoms with Crippen molar-refractivity contribution in [3.8, 4) is 5.75 Å². The molecule has 0 saturated carbocycles. The van der Waals surface area contributed by atoms with E-state index in [-0.39, 0.29) is 30.2 Å². The van der Waals surface area contributed by atoms with E-state index in [0.717, 1.165) is 29.7 Å². The molecule has 6 heteroatoms. The quantitative estimate of drug-likeness (QED) is 0.652. The zero-order valence-electron chi connectivity index (χ0n) is 17.3. The Kier molecular flexibility index (Phi) is 7.73. The maximum Gasteiger partial charge on any atom is 0.220 e. The molecule has 0 radical (unpaired) electrons. The van der Waals surface area contributed by atoms with Gasteiger partial charge in [0, 0.05) is 18.5 Å². The molecule has 3 unspecified atom stereocenters. The van der Waals surface area contributed by atoms with E-state index in [4.69, 9.17) is 4.74 Å². The van der Waals surface area contributed by atoms with Crippen LogP contribution in [0, 0.1) is 11.7 Å². The highest BCUT2D eigenvalue weighted by atomic mass is 35.5. The zero-order chi connectivity index (χ0) is 20.2. The Bertz CT molecular complexity index is 816. The van der Waals surface area contributed by atoms with Crippen molar-refractivity contribution >= 4 is 18.3 Å². The minimum absolute atomic E-state index is 0. The maximum absolute atomic E-state index is 13.0. The molecule has 0 spiro atoms. The number of nitrogens with one attached hydrogen (secondary N) is 2. The summed E-state index contributed by atoms with van der Waals surface area (Å²) in [5, 5.41) is 6.77. The number of ether oxygens (including phenoxy) is 1. The first-order valence-corrected chi connectivity index (χ1v) is 10.6. The van der Waals surface area contributed by atoms with Gasteiger partial charge in [0.05, 0.1) is 6.04 Å². The Hall–Kier alpha value is -2.11. The van der Waals surface area contributed by atoms with Gasteiger partial charge in [0.1, 0.15) is 18.2 Å². The first-order valence-electron chi connectivity index (χ1n) is 10.6. The van der Waals surface area contributed by atoms with Crippen LogP contribution in [0.1, 0.15) is 56.2 Å². The van der Waals surface area contributed by atoms with Crippen LogP contribution in [0.15, 0.2) is 48.5 Å². The second-order valence-electron chi connectivity index (χ2n) is 8.45. The predicted octanol–water partition coefficient (Wildman–Crippen LogP) is 4.92. The monoisotopic (exact) mass is 432 g/mol. The molecule has 1 amide bonds. The normalized spacial score (nSPS) is 23.3. The zero-order valence-corrected chi connectivity index (χ0v) is 18.1. The minimum Gasteiger partial charge on any atom is -0.489 e. The van der Waals surface area contributed by atoms with E-state index in [1.54, 1.807) is 12.1 Å². The lowest BCUT2D eigenvalue weighted by molar-refractivity contribution is -0.122. The van der Waals surface area contributed by atoms with Gasteiger partial charge in [0.25, 0.3) is 0 Å². The summed E-state index contributed by atoms with van der Waals surface area (Å²) in [6, 6.07) is 15.3. The van der Waals surface area contributed by atoms with Crippen LogP contribution in [0.25, 0.3) is 0 Å². The van der Waals surface area contributed by atoms with E-state index in [9.17, 15) is 9.18 Å². The van der Waals surface area contributed by atoms with E-state index in [0.29, 0.717) is 31.0 Å². The third-order valence-corrected chi connectivity index (χ3v) is 6.12. The molecule has 2 aliphatic heterocycles. The van der Waals surface area contributed by atoms with Gasteiger partial charge in [-0.05, 0) is 73.9 Å². The van der Waals surface area contributed by atoms with E-state index in [2.05, 4.69) is 10.6 Å². The SMILES string of the molecule is CC(NC(=O)CC1CC2CCC(C1)N2)c1ccc(OCc2ccc(F)cc2)cc1.Cl. The van der Waals surface area contributed by atoms with E-state index >= 15 is 0 Å². The lowest BCUT2D eigenvalue weighted by Crippen LogP contribution is -2.40. The van der Waals surface area contributed by atoms with Gasteiger partial charge in [-0.15, -0.1) is 12.4 Å². The molecule has 4 rings (SSSR count). The summed E-state index contributed by atoms with van der Waals surface area (Å²) in [7, 11) is 0. The highest BCUT2D eigenvalue weighted by molar-refractivity contribution is 5.85. The lowest BCUT2D eigenvalue weighted by Gasteiger charge is -2.29. The Morgan fingerprint density at radius 1 is 1.10 bits per heavy atom. The molecule has 3 atom stereocenters. The van der Waals surface area contributed by atoms with Crippen molar-refractivity contribution in [1.82, 2.24) is 10.6 Å². The smallest absolute Gasteiger partial charge is 0.220 e. The van der Waals surface area contributed by atoms with Crippen LogP contribution in [0.4, 0.5) is 4.39 Å². The number of carbonyl (C=O) groups excluding carboxylic acids is 1. The van der Waals surface area contributed by atoms with Crippen LogP contribution in [0.3, 0.4) is 0 Å². The fourth-order valence-electron chi connectivity index (χ4n) is 4.59. The highest BCUT2D eigenvalue weighted by Gasteiger charge is 2.34. The average molecular weight is 433 g/mol. The number of halogens is 2. The number of carbonyl (C=O) groups is 1. The van der Waals surface area contributed by atoms with Crippen molar-refractivity contribution in [3.05, 3.63) is 65.5 Å². The largest absolute Gasteiger partial charge is 0.489 e. The minimum atomic E-state index is -0.248. The predicted molar refractivity (Wildman–Crippen MR) is 118 cm³/mol. The first kappa shape index (κ1) is 22.6. The second kappa shape index (κ2) is 10.3. The van der Waals surface area contributed by atoms with Gasteiger partial charge < -0.3 is 15.4 Å². The lowest BCUT2D eigenvalue weighted by atomic mass is 9.89. The summed E-state index contributed by atoms with van der Waals surface area (Å²) in [5.74, 6) is 1.15. The molecule has 162 valence electrons. The molecule has 2 saturated heterocycles. The summed E-state index contributed by atoms with van der Waals surface area (Å²) in [6.45, 7) is 2.41. The van der Waals surface area contributed by atoms with Gasteiger partial charge in [-0.3, -0.25) is 4.79 Å². The fourth-order valence-corrected chi connectivity index (χ4v) is 4.59. The van der Waals surface area contributed by atoms with Crippen LogP contribution in [0.2, 0.25) is 0 Å². The van der Waals surface area contributed by atoms with Crippen molar-refractivity contribution in [2.75, 3.05) is 0 Å². The third kappa shape index (κ3) is 5.96. The Morgan fingerprint density at radius 3 is 2.37 bits per heavy atom. The number of hydrogen-bond donors (Lipinski definition) is 2. The van der Waals surface area contributed by atoms with Gasteiger partial charge in [0.15, 0.2) is 0 Å². The molecule has 2 aliphatic rings. The summed E-state index contributed by atoms with van der Waals surface area (Å²) in [6.07, 6.45) is 5.39. The van der Waals surface area contributed by atoms with Crippen LogP contribution in [-0.2, 0) is 11.4 Å². The van der Waals surface area contributed by atoms with Gasteiger partial charge in [-0.2, -0.15) is 0 Å². The average Bonchev–Trinajstić information content (AvgIpc) is 3.06. The van der Waals surface area contributed by atoms with Gasteiger partial charge in [0.2, 0.25) is 5.91 Å². The van der Waals surface area contributed by atoms with Crippen molar-refractivity contribution in [2.24, 2.45) is 5.92 Å². The molecule has 2 heterocycles. The van der Waals surface area contributed by atoms with Crippen LogP contribution >= 0.6 is 12.4 Å². The number of fused-ring (bicyclic) bond motifs is 2. The van der Waals surface area contributed by atoms with Gasteiger partial charge in [-0.25, -0.2) is 4.39 Å². The van der Waals surface area contributed by atoms with Gasteiger partial charge >= 0.3 is 0 Å². The number of rotatable bonds is 7. The summed E-state index contributed by atoms with van der Waals surface area (Å²) in [5.41, 5.74) is 1.97. The van der Waals surface area contributed by atoms with Gasteiger partial charge in [-0.1, -0.05) is 24.3 Å². The third-order valence-electron chi connectivity index (χ3n) is 6.12. The summed E-state index contributed by atoms with van der Waals surface area (Å²) >= 11 is 0. The van der Waals surface area contributed by atoms with Crippen molar-refractivity contribution in [1.29, 1.82) is 0 Å². The standard InChI is InChI=1S/C24H29FN2O2.ClH/c1-16(26-24(28)14-18-12-21-8-9-22(13-18)27-21)19-4-10-23(11-5-19)29-15-17-2-6-20(25)7-3-17;/h2-7,10-11,16,18,21-22,27H,8-9,12-15H2,1H3,(H,26,28);1H. The molecule has 2 N–H and O–H groups in total. The van der Waals surface area contributed by atoms with E-state index in [1.807, 2.05) is 31.2 Å². The second-order valence-corrected chi connectivity index (χ2v) is 8.45. The molecule has 2 bridgehead atoms. The summed E-state index contributed by atoms with van der Waals surface area (Å²) < 4.78 is 18.7. The maximum atomic E-state index is 13.0. The number of piperidine rings is 1. The molecule has 30 heavy (non-hydrogen) atoms. The number of amides is 1. The fraction of sp³-hybridized carbons (Fsp3) is 0.458. The Labute approximate surface area is 184 Å². The van der Waals surface area contributed by atoms with Crippen LogP contribution in [-0.4, -0.2) is 18.0 Å². The van der Waals surface area contributed by atoms with Crippen molar-refractivity contribution in [2.45, 2.75) is 63.8 Å². The highest BCUT2D eigenvalue weighted by Crippen LogP contribution is 2.32. The molecular weight excluding hydrogens is 403 g/mol. The molecule has 2 aromatic carbocycles. The Morgan fingerprint density at radius 2 is 1.73 bits per heavy atom. The number of benzene rings is 2. The van der Waals surface area contributed by atoms with E-state index < -0.39 is 0 Å². The molecule has 4 nitrogen and oxygen atoms in total. The summed E-state index contributed by atoms with van der Waals surface area (Å²) in [4.78, 5) is 12.5. The molecule has 2 aromatic rings. The van der Waals surface area contributed by atoms with Crippen molar-refractivity contribution in [3.63, 3.8) is 0 Å². The first-order chi connectivity index (χ1) is 14.0. The molecular formula is C24H30ClFN2O2. The molecule has 0 aliphatic carbocycles. The van der Waals surface area contributed by atoms with Crippen LogP contribution < -0.4 is 15.4 Å². The topological polar surface area (TPSA) is 50.4 Å². The number of hydrogen-bond acceptors (Lipinski definition) is 3. The molecule has 2 fully saturated rings. The van der Waals surface area contributed by atoms with E-state index in [1.165, 1.54) is 25.0 Å². The van der Waals surface area contributed by atoms with Crippen molar-refractivity contribution < 1.29 is 13.9 Å². The molecule has 0 aromatic heterocycles. The van der Waals surface area contributed by atoms with Crippen LogP contribution in [0.5, 0.6) is 5.75 Å². The Balaban J connectivity index is 0.00000256.